The van der Waals surface area contributed by atoms with Crippen LogP contribution in [0.5, 0.6) is 0 Å². The third-order valence-corrected chi connectivity index (χ3v) is 2.84. The van der Waals surface area contributed by atoms with Crippen LogP contribution in [-0.2, 0) is 0 Å². The van der Waals surface area contributed by atoms with E-state index in [0.717, 1.165) is 17.0 Å². The molecule has 3 rings (SSSR count). The fourth-order valence-electron chi connectivity index (χ4n) is 1.71. The smallest absolute Gasteiger partial charge is 0.133 e. The third-order valence-electron chi connectivity index (χ3n) is 2.54. The standard InChI is InChI=1S/C13H9ClN2O/c14-11-8-10(13-2-1-7-17-13)3-4-12(11)16-6-5-15-9-16/h1-9H. The maximum atomic E-state index is 6.25. The maximum absolute atomic E-state index is 6.25. The topological polar surface area (TPSA) is 31.0 Å². The van der Waals surface area contributed by atoms with Gasteiger partial charge >= 0.3 is 0 Å². The van der Waals surface area contributed by atoms with Gasteiger partial charge in [-0.1, -0.05) is 11.6 Å². The molecule has 0 aliphatic carbocycles. The fourth-order valence-corrected chi connectivity index (χ4v) is 1.99. The Hall–Kier alpha value is -2.00. The first kappa shape index (κ1) is 10.2. The summed E-state index contributed by atoms with van der Waals surface area (Å²) >= 11 is 6.25. The number of furan rings is 1. The van der Waals surface area contributed by atoms with Crippen LogP contribution in [0.1, 0.15) is 0 Å². The van der Waals surface area contributed by atoms with Crippen LogP contribution in [-0.4, -0.2) is 9.55 Å². The van der Waals surface area contributed by atoms with Gasteiger partial charge in [-0.15, -0.1) is 0 Å². The van der Waals surface area contributed by atoms with Gasteiger partial charge in [0.15, 0.2) is 0 Å². The van der Waals surface area contributed by atoms with E-state index in [1.807, 2.05) is 41.1 Å². The molecular weight excluding hydrogens is 236 g/mol. The van der Waals surface area contributed by atoms with Crippen LogP contribution in [0, 0.1) is 0 Å². The summed E-state index contributed by atoms with van der Waals surface area (Å²) < 4.78 is 7.20. The van der Waals surface area contributed by atoms with Gasteiger partial charge in [0.1, 0.15) is 5.76 Å². The molecule has 4 heteroatoms. The van der Waals surface area contributed by atoms with E-state index in [-0.39, 0.29) is 0 Å². The van der Waals surface area contributed by atoms with E-state index in [1.165, 1.54) is 0 Å². The summed E-state index contributed by atoms with van der Waals surface area (Å²) in [6, 6.07) is 9.56. The Kier molecular flexibility index (Phi) is 2.46. The molecular formula is C13H9ClN2O. The molecule has 0 bridgehead atoms. The number of benzene rings is 1. The summed E-state index contributed by atoms with van der Waals surface area (Å²) in [5, 5.41) is 0.664. The Morgan fingerprint density at radius 2 is 2.18 bits per heavy atom. The first-order valence-corrected chi connectivity index (χ1v) is 5.54. The molecule has 0 atom stereocenters. The predicted molar refractivity (Wildman–Crippen MR) is 66.3 cm³/mol. The number of imidazole rings is 1. The summed E-state index contributed by atoms with van der Waals surface area (Å²) in [7, 11) is 0. The Balaban J connectivity index is 2.06. The van der Waals surface area contributed by atoms with E-state index in [0.29, 0.717) is 5.02 Å². The number of hydrogen-bond acceptors (Lipinski definition) is 2. The maximum Gasteiger partial charge on any atom is 0.133 e. The molecule has 0 aliphatic rings. The van der Waals surface area contributed by atoms with E-state index >= 15 is 0 Å². The van der Waals surface area contributed by atoms with Gasteiger partial charge in [0.05, 0.1) is 23.3 Å². The molecule has 2 aromatic heterocycles. The summed E-state index contributed by atoms with van der Waals surface area (Å²) in [5.41, 5.74) is 1.86. The fraction of sp³-hybridized carbons (Fsp3) is 0. The predicted octanol–water partition coefficient (Wildman–Crippen LogP) is 3.79. The number of hydrogen-bond donors (Lipinski definition) is 0. The summed E-state index contributed by atoms with van der Waals surface area (Å²) in [4.78, 5) is 4.00. The van der Waals surface area contributed by atoms with Crippen molar-refractivity contribution in [3.63, 3.8) is 0 Å². The average Bonchev–Trinajstić information content (AvgIpc) is 3.02. The zero-order valence-electron chi connectivity index (χ0n) is 8.88. The van der Waals surface area contributed by atoms with Crippen molar-refractivity contribution < 1.29 is 4.42 Å². The lowest BCUT2D eigenvalue weighted by atomic mass is 10.1. The van der Waals surface area contributed by atoms with Gasteiger partial charge in [0.2, 0.25) is 0 Å². The van der Waals surface area contributed by atoms with Crippen molar-refractivity contribution >= 4 is 11.6 Å². The van der Waals surface area contributed by atoms with Gasteiger partial charge in [0, 0.05) is 18.0 Å². The van der Waals surface area contributed by atoms with Gasteiger partial charge in [0.25, 0.3) is 0 Å². The van der Waals surface area contributed by atoms with Gasteiger partial charge < -0.3 is 8.98 Å². The lowest BCUT2D eigenvalue weighted by Gasteiger charge is -2.06. The summed E-state index contributed by atoms with van der Waals surface area (Å²) in [5.74, 6) is 0.809. The highest BCUT2D eigenvalue weighted by Gasteiger charge is 2.06. The first-order valence-electron chi connectivity index (χ1n) is 5.16. The SMILES string of the molecule is Clc1cc(-c2ccco2)ccc1-n1ccnc1. The van der Waals surface area contributed by atoms with Crippen LogP contribution in [0.25, 0.3) is 17.0 Å². The Labute approximate surface area is 103 Å². The number of rotatable bonds is 2. The molecule has 0 spiro atoms. The van der Waals surface area contributed by atoms with Crippen molar-refractivity contribution in [3.8, 4) is 17.0 Å². The minimum atomic E-state index is 0.664. The minimum Gasteiger partial charge on any atom is -0.464 e. The molecule has 17 heavy (non-hydrogen) atoms. The molecule has 84 valence electrons. The van der Waals surface area contributed by atoms with Crippen molar-refractivity contribution in [1.82, 2.24) is 9.55 Å². The Bertz CT molecular complexity index is 615. The first-order chi connectivity index (χ1) is 8.34. The highest BCUT2D eigenvalue weighted by molar-refractivity contribution is 6.32. The summed E-state index contributed by atoms with van der Waals surface area (Å²) in [6.07, 6.45) is 6.94. The number of aromatic nitrogens is 2. The minimum absolute atomic E-state index is 0.664. The van der Waals surface area contributed by atoms with E-state index in [9.17, 15) is 0 Å². The molecule has 3 nitrogen and oxygen atoms in total. The van der Waals surface area contributed by atoms with E-state index in [2.05, 4.69) is 4.98 Å². The summed E-state index contributed by atoms with van der Waals surface area (Å²) in [6.45, 7) is 0. The molecule has 2 heterocycles. The van der Waals surface area contributed by atoms with Crippen molar-refractivity contribution in [2.24, 2.45) is 0 Å². The zero-order valence-corrected chi connectivity index (χ0v) is 9.63. The van der Waals surface area contributed by atoms with Crippen LogP contribution in [0.3, 0.4) is 0 Å². The molecule has 0 saturated heterocycles. The normalized spacial score (nSPS) is 10.6. The molecule has 3 aromatic rings. The van der Waals surface area contributed by atoms with Crippen LogP contribution < -0.4 is 0 Å². The molecule has 0 aliphatic heterocycles. The average molecular weight is 245 g/mol. The quantitative estimate of drug-likeness (QED) is 0.687. The Morgan fingerprint density at radius 1 is 1.24 bits per heavy atom. The van der Waals surface area contributed by atoms with Crippen LogP contribution in [0.2, 0.25) is 5.02 Å². The second kappa shape index (κ2) is 4.11. The van der Waals surface area contributed by atoms with Crippen LogP contribution >= 0.6 is 11.6 Å². The van der Waals surface area contributed by atoms with E-state index in [4.69, 9.17) is 16.0 Å². The number of nitrogens with zero attached hydrogens (tertiary/aromatic N) is 2. The van der Waals surface area contributed by atoms with Crippen molar-refractivity contribution in [1.29, 1.82) is 0 Å². The molecule has 0 N–H and O–H groups in total. The van der Waals surface area contributed by atoms with Crippen molar-refractivity contribution in [3.05, 3.63) is 60.3 Å². The van der Waals surface area contributed by atoms with Gasteiger partial charge in [-0.3, -0.25) is 0 Å². The van der Waals surface area contributed by atoms with Gasteiger partial charge in [-0.05, 0) is 30.3 Å². The van der Waals surface area contributed by atoms with Crippen molar-refractivity contribution in [2.75, 3.05) is 0 Å². The van der Waals surface area contributed by atoms with Crippen LogP contribution in [0.15, 0.2) is 59.7 Å². The lowest BCUT2D eigenvalue weighted by Crippen LogP contribution is -1.91. The van der Waals surface area contributed by atoms with E-state index in [1.54, 1.807) is 18.8 Å². The molecule has 0 amide bonds. The largest absolute Gasteiger partial charge is 0.464 e. The monoisotopic (exact) mass is 244 g/mol. The second-order valence-corrected chi connectivity index (χ2v) is 4.02. The molecule has 0 saturated carbocycles. The van der Waals surface area contributed by atoms with Gasteiger partial charge in [-0.2, -0.15) is 0 Å². The molecule has 1 aromatic carbocycles. The van der Waals surface area contributed by atoms with Crippen LogP contribution in [0.4, 0.5) is 0 Å². The Morgan fingerprint density at radius 3 is 2.82 bits per heavy atom. The second-order valence-electron chi connectivity index (χ2n) is 3.61. The highest BCUT2D eigenvalue weighted by Crippen LogP contribution is 2.27. The zero-order chi connectivity index (χ0) is 11.7. The van der Waals surface area contributed by atoms with Gasteiger partial charge in [-0.25, -0.2) is 4.98 Å². The van der Waals surface area contributed by atoms with Crippen molar-refractivity contribution in [2.45, 2.75) is 0 Å². The molecule has 0 fully saturated rings. The highest BCUT2D eigenvalue weighted by atomic mass is 35.5. The lowest BCUT2D eigenvalue weighted by molar-refractivity contribution is 0.582. The molecule has 0 unspecified atom stereocenters. The number of halogens is 1. The molecule has 0 radical (unpaired) electrons. The third kappa shape index (κ3) is 1.85. The van der Waals surface area contributed by atoms with E-state index < -0.39 is 0 Å².